The number of hydrogen-bond acceptors (Lipinski definition) is 2. The Labute approximate surface area is 93.9 Å². The Hall–Kier alpha value is -1.06. The third kappa shape index (κ3) is 1.73. The molecule has 0 spiro atoms. The zero-order chi connectivity index (χ0) is 11.0. The number of nitrogens with two attached hydrogens (primary N) is 1. The van der Waals surface area contributed by atoms with Crippen molar-refractivity contribution in [2.75, 3.05) is 0 Å². The largest absolute Gasteiger partial charge is 0.327 e. The van der Waals surface area contributed by atoms with Crippen molar-refractivity contribution in [3.8, 4) is 0 Å². The van der Waals surface area contributed by atoms with Crippen LogP contribution in [0.1, 0.15) is 25.7 Å². The minimum Gasteiger partial charge on any atom is -0.327 e. The first kappa shape index (κ1) is 10.5. The van der Waals surface area contributed by atoms with Gasteiger partial charge in [0.1, 0.15) is 5.82 Å². The first-order valence-corrected chi connectivity index (χ1v) is 5.42. The first-order chi connectivity index (χ1) is 7.13. The summed E-state index contributed by atoms with van der Waals surface area (Å²) < 4.78 is 2.12. The van der Waals surface area contributed by atoms with Crippen molar-refractivity contribution in [1.29, 1.82) is 0 Å². The van der Waals surface area contributed by atoms with Crippen molar-refractivity contribution in [2.45, 2.75) is 26.4 Å². The number of imidazole rings is 1. The van der Waals surface area contributed by atoms with Crippen LogP contribution in [0.3, 0.4) is 0 Å². The van der Waals surface area contributed by atoms with Gasteiger partial charge >= 0.3 is 0 Å². The highest BCUT2D eigenvalue weighted by molar-refractivity contribution is 6.31. The Balaban J connectivity index is 2.73. The summed E-state index contributed by atoms with van der Waals surface area (Å²) in [6, 6.07) is 5.67. The van der Waals surface area contributed by atoms with E-state index in [0.29, 0.717) is 5.02 Å². The molecule has 15 heavy (non-hydrogen) atoms. The predicted octanol–water partition coefficient (Wildman–Crippen LogP) is 2.73. The maximum Gasteiger partial charge on any atom is 0.126 e. The molecule has 4 heteroatoms. The number of halogens is 1. The molecule has 2 aromatic rings. The van der Waals surface area contributed by atoms with E-state index >= 15 is 0 Å². The molecule has 2 rings (SSSR count). The highest BCUT2D eigenvalue weighted by atomic mass is 35.5. The van der Waals surface area contributed by atoms with Crippen molar-refractivity contribution in [3.63, 3.8) is 0 Å². The van der Waals surface area contributed by atoms with Crippen LogP contribution in [-0.4, -0.2) is 9.55 Å². The summed E-state index contributed by atoms with van der Waals surface area (Å²) >= 11 is 5.92. The Kier molecular flexibility index (Phi) is 2.67. The van der Waals surface area contributed by atoms with Crippen molar-refractivity contribution in [1.82, 2.24) is 9.55 Å². The van der Waals surface area contributed by atoms with Gasteiger partial charge in [-0.25, -0.2) is 4.98 Å². The van der Waals surface area contributed by atoms with Gasteiger partial charge in [-0.3, -0.25) is 0 Å². The van der Waals surface area contributed by atoms with Crippen molar-refractivity contribution >= 4 is 22.6 Å². The number of benzene rings is 1. The van der Waals surface area contributed by atoms with Crippen LogP contribution in [0.4, 0.5) is 0 Å². The topological polar surface area (TPSA) is 43.8 Å². The molecule has 0 amide bonds. The lowest BCUT2D eigenvalue weighted by molar-refractivity contribution is 0.650. The molecule has 0 saturated carbocycles. The quantitative estimate of drug-likeness (QED) is 0.851. The van der Waals surface area contributed by atoms with Gasteiger partial charge in [0.15, 0.2) is 0 Å². The van der Waals surface area contributed by atoms with E-state index in [1.807, 2.05) is 25.1 Å². The molecule has 0 radical (unpaired) electrons. The van der Waals surface area contributed by atoms with Gasteiger partial charge in [-0.2, -0.15) is 0 Å². The summed E-state index contributed by atoms with van der Waals surface area (Å²) in [5, 5.41) is 0.708. The molecule has 80 valence electrons. The predicted molar refractivity (Wildman–Crippen MR) is 63.0 cm³/mol. The molecule has 3 nitrogen and oxygen atoms in total. The van der Waals surface area contributed by atoms with Gasteiger partial charge < -0.3 is 10.3 Å². The average molecular weight is 224 g/mol. The standard InChI is InChI=1S/C11H14ClN3/c1-3-15-10-5-4-8(12)6-9(10)14-11(15)7(2)13/h4-7H,3,13H2,1-2H3. The number of nitrogens with zero attached hydrogens (tertiary/aromatic N) is 2. The van der Waals surface area contributed by atoms with Crippen LogP contribution in [0.5, 0.6) is 0 Å². The molecule has 2 N–H and O–H groups in total. The van der Waals surface area contributed by atoms with Gasteiger partial charge in [0.25, 0.3) is 0 Å². The number of fused-ring (bicyclic) bond motifs is 1. The second-order valence-electron chi connectivity index (χ2n) is 3.64. The highest BCUT2D eigenvalue weighted by Gasteiger charge is 2.12. The van der Waals surface area contributed by atoms with Crippen LogP contribution >= 0.6 is 11.6 Å². The van der Waals surface area contributed by atoms with Crippen LogP contribution in [-0.2, 0) is 6.54 Å². The number of aromatic nitrogens is 2. The fraction of sp³-hybridized carbons (Fsp3) is 0.364. The van der Waals surface area contributed by atoms with Crippen molar-refractivity contribution in [3.05, 3.63) is 29.0 Å². The second-order valence-corrected chi connectivity index (χ2v) is 4.07. The molecule has 1 aromatic heterocycles. The van der Waals surface area contributed by atoms with Gasteiger partial charge in [-0.05, 0) is 32.0 Å². The summed E-state index contributed by atoms with van der Waals surface area (Å²) in [5.41, 5.74) is 7.88. The minimum atomic E-state index is -0.0591. The molecule has 0 aliphatic rings. The van der Waals surface area contributed by atoms with Crippen molar-refractivity contribution < 1.29 is 0 Å². The Morgan fingerprint density at radius 2 is 2.27 bits per heavy atom. The summed E-state index contributed by atoms with van der Waals surface area (Å²) in [6.07, 6.45) is 0. The van der Waals surface area contributed by atoms with E-state index in [2.05, 4.69) is 16.5 Å². The molecule has 1 aromatic carbocycles. The summed E-state index contributed by atoms with van der Waals surface area (Å²) in [7, 11) is 0. The summed E-state index contributed by atoms with van der Waals surface area (Å²) in [6.45, 7) is 4.89. The van der Waals surface area contributed by atoms with Crippen LogP contribution in [0.25, 0.3) is 11.0 Å². The molecule has 0 aliphatic heterocycles. The molecule has 1 heterocycles. The van der Waals surface area contributed by atoms with Crippen LogP contribution in [0, 0.1) is 0 Å². The lowest BCUT2D eigenvalue weighted by Crippen LogP contribution is -2.12. The van der Waals surface area contributed by atoms with E-state index in [0.717, 1.165) is 23.4 Å². The molecule has 0 saturated heterocycles. The van der Waals surface area contributed by atoms with E-state index in [-0.39, 0.29) is 6.04 Å². The monoisotopic (exact) mass is 223 g/mol. The van der Waals surface area contributed by atoms with E-state index in [1.54, 1.807) is 0 Å². The van der Waals surface area contributed by atoms with Gasteiger partial charge in [-0.1, -0.05) is 11.6 Å². The molecule has 1 atom stereocenters. The lowest BCUT2D eigenvalue weighted by Gasteiger charge is -2.08. The van der Waals surface area contributed by atoms with Gasteiger partial charge in [-0.15, -0.1) is 0 Å². The lowest BCUT2D eigenvalue weighted by atomic mass is 10.3. The fourth-order valence-electron chi connectivity index (χ4n) is 1.80. The smallest absolute Gasteiger partial charge is 0.126 e. The van der Waals surface area contributed by atoms with E-state index in [9.17, 15) is 0 Å². The third-order valence-electron chi connectivity index (χ3n) is 2.46. The molecular weight excluding hydrogens is 210 g/mol. The van der Waals surface area contributed by atoms with Gasteiger partial charge in [0, 0.05) is 11.6 Å². The van der Waals surface area contributed by atoms with Gasteiger partial charge in [0.05, 0.1) is 17.1 Å². The average Bonchev–Trinajstić information content (AvgIpc) is 2.55. The molecule has 0 aliphatic carbocycles. The fourth-order valence-corrected chi connectivity index (χ4v) is 1.97. The number of rotatable bonds is 2. The zero-order valence-corrected chi connectivity index (χ0v) is 9.62. The number of aryl methyl sites for hydroxylation is 1. The maximum absolute atomic E-state index is 5.92. The van der Waals surface area contributed by atoms with Crippen LogP contribution in [0.15, 0.2) is 18.2 Å². The first-order valence-electron chi connectivity index (χ1n) is 5.04. The van der Waals surface area contributed by atoms with Crippen LogP contribution < -0.4 is 5.73 Å². The van der Waals surface area contributed by atoms with Crippen LogP contribution in [0.2, 0.25) is 5.02 Å². The minimum absolute atomic E-state index is 0.0591. The Morgan fingerprint density at radius 1 is 1.53 bits per heavy atom. The van der Waals surface area contributed by atoms with E-state index in [4.69, 9.17) is 17.3 Å². The third-order valence-corrected chi connectivity index (χ3v) is 2.70. The Morgan fingerprint density at radius 3 is 2.87 bits per heavy atom. The molecule has 0 bridgehead atoms. The van der Waals surface area contributed by atoms with Gasteiger partial charge in [0.2, 0.25) is 0 Å². The van der Waals surface area contributed by atoms with E-state index < -0.39 is 0 Å². The number of hydrogen-bond donors (Lipinski definition) is 1. The zero-order valence-electron chi connectivity index (χ0n) is 8.87. The summed E-state index contributed by atoms with van der Waals surface area (Å²) in [5.74, 6) is 0.912. The SMILES string of the molecule is CCn1c(C(C)N)nc2cc(Cl)ccc21. The maximum atomic E-state index is 5.92. The summed E-state index contributed by atoms with van der Waals surface area (Å²) in [4.78, 5) is 4.50. The highest BCUT2D eigenvalue weighted by Crippen LogP contribution is 2.22. The van der Waals surface area contributed by atoms with E-state index in [1.165, 1.54) is 0 Å². The molecular formula is C11H14ClN3. The second kappa shape index (κ2) is 3.83. The molecule has 1 unspecified atom stereocenters. The Bertz CT molecular complexity index is 488. The molecule has 0 fully saturated rings. The normalized spacial score (nSPS) is 13.3. The van der Waals surface area contributed by atoms with Crippen molar-refractivity contribution in [2.24, 2.45) is 5.73 Å².